The second-order valence-electron chi connectivity index (χ2n) is 6.13. The molecule has 0 aliphatic heterocycles. The molecule has 2 aromatic heterocycles. The first-order chi connectivity index (χ1) is 13.7. The zero-order chi connectivity index (χ0) is 19.5. The summed E-state index contributed by atoms with van der Waals surface area (Å²) in [6.45, 7) is 2.19. The van der Waals surface area contributed by atoms with E-state index in [1.54, 1.807) is 24.3 Å². The van der Waals surface area contributed by atoms with Gasteiger partial charge in [0.05, 0.1) is 5.39 Å². The molecule has 0 aliphatic rings. The van der Waals surface area contributed by atoms with Crippen LogP contribution in [0.4, 0.5) is 5.13 Å². The van der Waals surface area contributed by atoms with Crippen molar-refractivity contribution >= 4 is 33.1 Å². The van der Waals surface area contributed by atoms with Gasteiger partial charge in [-0.3, -0.25) is 14.9 Å². The minimum absolute atomic E-state index is 0.192. The number of nitrogens with one attached hydrogen (secondary N) is 1. The van der Waals surface area contributed by atoms with Gasteiger partial charge in [0.2, 0.25) is 5.13 Å². The van der Waals surface area contributed by atoms with E-state index in [-0.39, 0.29) is 11.3 Å². The predicted molar refractivity (Wildman–Crippen MR) is 109 cm³/mol. The Morgan fingerprint density at radius 2 is 1.75 bits per heavy atom. The van der Waals surface area contributed by atoms with Crippen LogP contribution >= 0.6 is 11.3 Å². The van der Waals surface area contributed by atoms with Gasteiger partial charge in [-0.15, -0.1) is 10.2 Å². The summed E-state index contributed by atoms with van der Waals surface area (Å²) in [5, 5.41) is 17.4. The van der Waals surface area contributed by atoms with Gasteiger partial charge in [0.1, 0.15) is 5.01 Å². The molecule has 0 saturated heterocycles. The van der Waals surface area contributed by atoms with E-state index in [2.05, 4.69) is 20.6 Å². The average molecular weight is 391 g/mol. The highest BCUT2D eigenvalue weighted by Gasteiger charge is 2.18. The van der Waals surface area contributed by atoms with Crippen LogP contribution in [0, 0.1) is 0 Å². The highest BCUT2D eigenvalue weighted by atomic mass is 32.1. The van der Waals surface area contributed by atoms with Gasteiger partial charge in [-0.05, 0) is 18.6 Å². The fourth-order valence-electron chi connectivity index (χ4n) is 2.92. The first kappa shape index (κ1) is 18.0. The highest BCUT2D eigenvalue weighted by Crippen LogP contribution is 2.20. The number of nitrogens with zero attached hydrogens (tertiary/aromatic N) is 4. The van der Waals surface area contributed by atoms with Gasteiger partial charge in [0, 0.05) is 18.4 Å². The van der Waals surface area contributed by atoms with E-state index < -0.39 is 5.91 Å². The molecule has 28 heavy (non-hydrogen) atoms. The minimum atomic E-state index is -0.416. The molecule has 8 heteroatoms. The zero-order valence-corrected chi connectivity index (χ0v) is 15.9. The largest absolute Gasteiger partial charge is 0.295 e. The summed E-state index contributed by atoms with van der Waals surface area (Å²) in [7, 11) is 0. The zero-order valence-electron chi connectivity index (χ0n) is 15.1. The van der Waals surface area contributed by atoms with E-state index in [9.17, 15) is 9.59 Å². The highest BCUT2D eigenvalue weighted by molar-refractivity contribution is 7.15. The molecule has 2 heterocycles. The summed E-state index contributed by atoms with van der Waals surface area (Å²) in [6.07, 6.45) is 0.649. The predicted octanol–water partition coefficient (Wildman–Crippen LogP) is 3.11. The molecule has 0 aliphatic carbocycles. The van der Waals surface area contributed by atoms with Crippen molar-refractivity contribution in [1.82, 2.24) is 20.0 Å². The number of carbonyl (C=O) groups excluding carboxylic acids is 1. The van der Waals surface area contributed by atoms with Crippen LogP contribution in [0.5, 0.6) is 0 Å². The number of carbonyl (C=O) groups is 1. The summed E-state index contributed by atoms with van der Waals surface area (Å²) < 4.78 is 1.29. The molecule has 0 saturated carbocycles. The lowest BCUT2D eigenvalue weighted by atomic mass is 10.1. The molecule has 4 aromatic rings. The fraction of sp³-hybridized carbons (Fsp3) is 0.150. The molecular weight excluding hydrogens is 374 g/mol. The Hall–Kier alpha value is -3.39. The van der Waals surface area contributed by atoms with Crippen molar-refractivity contribution in [2.24, 2.45) is 0 Å². The van der Waals surface area contributed by atoms with Gasteiger partial charge in [0.25, 0.3) is 11.5 Å². The topological polar surface area (TPSA) is 89.8 Å². The number of hydrogen-bond donors (Lipinski definition) is 1. The fourth-order valence-corrected chi connectivity index (χ4v) is 3.69. The van der Waals surface area contributed by atoms with E-state index in [1.807, 2.05) is 37.3 Å². The second kappa shape index (κ2) is 7.69. The molecule has 0 bridgehead atoms. The van der Waals surface area contributed by atoms with E-state index in [4.69, 9.17) is 0 Å². The summed E-state index contributed by atoms with van der Waals surface area (Å²) in [5.74, 6) is -0.416. The molecule has 4 rings (SSSR count). The number of aromatic nitrogens is 4. The van der Waals surface area contributed by atoms with Crippen molar-refractivity contribution in [3.8, 4) is 0 Å². The Kier molecular flexibility index (Phi) is 4.94. The Bertz CT molecular complexity index is 1200. The normalized spacial score (nSPS) is 10.9. The van der Waals surface area contributed by atoms with Gasteiger partial charge >= 0.3 is 0 Å². The van der Waals surface area contributed by atoms with E-state index in [0.717, 1.165) is 10.6 Å². The van der Waals surface area contributed by atoms with Gasteiger partial charge in [0.15, 0.2) is 5.69 Å². The number of fused-ring (bicyclic) bond motifs is 1. The number of benzene rings is 2. The molecule has 0 atom stereocenters. The van der Waals surface area contributed by atoms with Crippen molar-refractivity contribution in [2.45, 2.75) is 19.9 Å². The van der Waals surface area contributed by atoms with Gasteiger partial charge < -0.3 is 0 Å². The smallest absolute Gasteiger partial charge is 0.278 e. The molecule has 0 spiro atoms. The third-order valence-electron chi connectivity index (χ3n) is 4.27. The molecule has 1 N–H and O–H groups in total. The Morgan fingerprint density at radius 3 is 2.50 bits per heavy atom. The number of aryl methyl sites for hydroxylation is 1. The van der Waals surface area contributed by atoms with Crippen LogP contribution in [0.2, 0.25) is 0 Å². The lowest BCUT2D eigenvalue weighted by molar-refractivity contribution is 0.102. The number of amides is 1. The van der Waals surface area contributed by atoms with Crippen LogP contribution in [0.3, 0.4) is 0 Å². The maximum absolute atomic E-state index is 12.8. The Balaban J connectivity index is 1.61. The standard InChI is InChI=1S/C20H17N5O2S/c1-2-25-19(27)15-11-7-6-10-14(15)17(24-25)18(26)21-20-23-22-16(28-20)12-13-8-4-3-5-9-13/h3-11H,2,12H2,1H3,(H,21,23,26). The van der Waals surface area contributed by atoms with E-state index in [0.29, 0.717) is 28.9 Å². The number of hydrogen-bond acceptors (Lipinski definition) is 6. The Labute approximate surface area is 164 Å². The second-order valence-corrected chi connectivity index (χ2v) is 7.19. The molecule has 7 nitrogen and oxygen atoms in total. The van der Waals surface area contributed by atoms with Gasteiger partial charge in [-0.1, -0.05) is 59.9 Å². The maximum Gasteiger partial charge on any atom is 0.278 e. The molecule has 0 fully saturated rings. The molecular formula is C20H17N5O2S. The average Bonchev–Trinajstić information content (AvgIpc) is 3.16. The van der Waals surface area contributed by atoms with Crippen LogP contribution in [0.1, 0.15) is 28.0 Å². The van der Waals surface area contributed by atoms with Crippen LogP contribution in [0.25, 0.3) is 10.8 Å². The monoisotopic (exact) mass is 391 g/mol. The van der Waals surface area contributed by atoms with Crippen molar-refractivity contribution in [2.75, 3.05) is 5.32 Å². The maximum atomic E-state index is 12.8. The molecule has 2 aromatic carbocycles. The number of rotatable bonds is 5. The lowest BCUT2D eigenvalue weighted by Gasteiger charge is -2.08. The van der Waals surface area contributed by atoms with Gasteiger partial charge in [-0.2, -0.15) is 5.10 Å². The van der Waals surface area contributed by atoms with Crippen molar-refractivity contribution in [3.05, 3.63) is 81.2 Å². The summed E-state index contributed by atoms with van der Waals surface area (Å²) in [5.41, 5.74) is 1.10. The minimum Gasteiger partial charge on any atom is -0.295 e. The number of anilines is 1. The van der Waals surface area contributed by atoms with E-state index >= 15 is 0 Å². The SMILES string of the molecule is CCn1nc(C(=O)Nc2nnc(Cc3ccccc3)s2)c2ccccc2c1=O. The van der Waals surface area contributed by atoms with Gasteiger partial charge in [-0.25, -0.2) is 4.68 Å². The van der Waals surface area contributed by atoms with Crippen LogP contribution in [0.15, 0.2) is 59.4 Å². The quantitative estimate of drug-likeness (QED) is 0.565. The molecule has 140 valence electrons. The van der Waals surface area contributed by atoms with Crippen molar-refractivity contribution < 1.29 is 4.79 Å². The summed E-state index contributed by atoms with van der Waals surface area (Å²) in [4.78, 5) is 25.2. The third kappa shape index (κ3) is 3.54. The first-order valence-electron chi connectivity index (χ1n) is 8.83. The molecule has 0 unspecified atom stereocenters. The van der Waals surface area contributed by atoms with Crippen molar-refractivity contribution in [3.63, 3.8) is 0 Å². The first-order valence-corrected chi connectivity index (χ1v) is 9.65. The van der Waals surface area contributed by atoms with Crippen LogP contribution < -0.4 is 10.9 Å². The third-order valence-corrected chi connectivity index (χ3v) is 5.11. The van der Waals surface area contributed by atoms with Crippen molar-refractivity contribution in [1.29, 1.82) is 0 Å². The summed E-state index contributed by atoms with van der Waals surface area (Å²) in [6, 6.07) is 16.9. The van der Waals surface area contributed by atoms with E-state index in [1.165, 1.54) is 16.0 Å². The molecule has 0 radical (unpaired) electrons. The lowest BCUT2D eigenvalue weighted by Crippen LogP contribution is -2.27. The summed E-state index contributed by atoms with van der Waals surface area (Å²) >= 11 is 1.32. The van der Waals surface area contributed by atoms with Crippen LogP contribution in [-0.2, 0) is 13.0 Å². The molecule has 1 amide bonds. The Morgan fingerprint density at radius 1 is 1.04 bits per heavy atom. The van der Waals surface area contributed by atoms with Crippen LogP contribution in [-0.4, -0.2) is 25.9 Å².